The molecule has 8 heteroatoms. The number of anilines is 1. The molecule has 30 heavy (non-hydrogen) atoms. The van der Waals surface area contributed by atoms with Crippen LogP contribution in [0.2, 0.25) is 0 Å². The molecular weight excluding hydrogens is 390 g/mol. The topological polar surface area (TPSA) is 58.1 Å². The van der Waals surface area contributed by atoms with Crippen LogP contribution in [0.15, 0.2) is 59.6 Å². The standard InChI is InChI=1S/C22H26F2N4O2/c1-25-22(26-14-16-6-5-7-18(12-16)28-10-3-4-11-28)27-15-17-13-19(29-2)8-9-20(17)30-21(23)24/h3-9,12-13,21H,10-11,14-15H2,1-2H3,(H2,25,26,27). The van der Waals surface area contributed by atoms with Crippen molar-refractivity contribution in [3.05, 3.63) is 65.7 Å². The minimum Gasteiger partial charge on any atom is -0.497 e. The number of alkyl halides is 2. The van der Waals surface area contributed by atoms with Crippen LogP contribution >= 0.6 is 0 Å². The van der Waals surface area contributed by atoms with Gasteiger partial charge in [-0.1, -0.05) is 24.3 Å². The van der Waals surface area contributed by atoms with Crippen molar-refractivity contribution in [2.75, 3.05) is 32.1 Å². The highest BCUT2D eigenvalue weighted by molar-refractivity contribution is 5.79. The van der Waals surface area contributed by atoms with Crippen LogP contribution in [0.4, 0.5) is 14.5 Å². The number of hydrogen-bond acceptors (Lipinski definition) is 4. The number of hydrogen-bond donors (Lipinski definition) is 2. The summed E-state index contributed by atoms with van der Waals surface area (Å²) in [4.78, 5) is 6.49. The minimum absolute atomic E-state index is 0.0978. The van der Waals surface area contributed by atoms with Crippen molar-refractivity contribution in [1.29, 1.82) is 0 Å². The van der Waals surface area contributed by atoms with Crippen molar-refractivity contribution < 1.29 is 18.3 Å². The van der Waals surface area contributed by atoms with Crippen LogP contribution in [0.1, 0.15) is 11.1 Å². The molecule has 0 saturated carbocycles. The number of nitrogens with zero attached hydrogens (tertiary/aromatic N) is 2. The Morgan fingerprint density at radius 3 is 2.57 bits per heavy atom. The second-order valence-corrected chi connectivity index (χ2v) is 6.68. The summed E-state index contributed by atoms with van der Waals surface area (Å²) in [7, 11) is 3.18. The summed E-state index contributed by atoms with van der Waals surface area (Å²) in [5.74, 6) is 1.21. The van der Waals surface area contributed by atoms with Crippen LogP contribution in [0, 0.1) is 0 Å². The number of halogens is 2. The highest BCUT2D eigenvalue weighted by Crippen LogP contribution is 2.25. The minimum atomic E-state index is -2.90. The predicted molar refractivity (Wildman–Crippen MR) is 114 cm³/mol. The Kier molecular flexibility index (Phi) is 7.48. The Morgan fingerprint density at radius 1 is 1.10 bits per heavy atom. The van der Waals surface area contributed by atoms with E-state index in [0.29, 0.717) is 23.8 Å². The van der Waals surface area contributed by atoms with Crippen LogP contribution in [0.3, 0.4) is 0 Å². The Morgan fingerprint density at radius 2 is 1.87 bits per heavy atom. The van der Waals surface area contributed by atoms with Crippen LogP contribution in [-0.2, 0) is 13.1 Å². The van der Waals surface area contributed by atoms with Crippen LogP contribution in [0.25, 0.3) is 0 Å². The van der Waals surface area contributed by atoms with Crippen molar-refractivity contribution in [2.24, 2.45) is 4.99 Å². The molecule has 3 rings (SSSR count). The zero-order valence-corrected chi connectivity index (χ0v) is 17.1. The highest BCUT2D eigenvalue weighted by atomic mass is 19.3. The molecule has 0 saturated heterocycles. The molecule has 1 heterocycles. The first-order chi connectivity index (χ1) is 14.6. The molecule has 0 spiro atoms. The molecule has 0 aliphatic carbocycles. The summed E-state index contributed by atoms with van der Waals surface area (Å²) in [5.41, 5.74) is 2.83. The van der Waals surface area contributed by atoms with E-state index >= 15 is 0 Å². The van der Waals surface area contributed by atoms with E-state index in [1.165, 1.54) is 18.9 Å². The molecule has 0 bridgehead atoms. The fourth-order valence-electron chi connectivity index (χ4n) is 3.17. The second kappa shape index (κ2) is 10.5. The Hall–Kier alpha value is -3.29. The number of rotatable bonds is 8. The molecule has 1 aliphatic heterocycles. The summed E-state index contributed by atoms with van der Waals surface area (Å²) < 4.78 is 35.2. The molecule has 0 unspecified atom stereocenters. The van der Waals surface area contributed by atoms with Gasteiger partial charge in [-0.15, -0.1) is 0 Å². The van der Waals surface area contributed by atoms with Crippen LogP contribution in [-0.4, -0.2) is 39.8 Å². The van der Waals surface area contributed by atoms with E-state index in [4.69, 9.17) is 4.74 Å². The molecule has 2 aromatic carbocycles. The molecule has 0 aromatic heterocycles. The van der Waals surface area contributed by atoms with Crippen molar-refractivity contribution in [3.8, 4) is 11.5 Å². The maximum Gasteiger partial charge on any atom is 0.387 e. The van der Waals surface area contributed by atoms with E-state index in [-0.39, 0.29) is 12.3 Å². The molecule has 1 aliphatic rings. The Balaban J connectivity index is 1.60. The van der Waals surface area contributed by atoms with Gasteiger partial charge < -0.3 is 25.0 Å². The first-order valence-corrected chi connectivity index (χ1v) is 9.64. The van der Waals surface area contributed by atoms with Crippen LogP contribution in [0.5, 0.6) is 11.5 Å². The summed E-state index contributed by atoms with van der Waals surface area (Å²) in [5, 5.41) is 6.38. The molecule has 6 nitrogen and oxygen atoms in total. The number of aliphatic imine (C=N–C) groups is 1. The third-order valence-corrected chi connectivity index (χ3v) is 4.71. The van der Waals surface area contributed by atoms with Gasteiger partial charge in [0.15, 0.2) is 5.96 Å². The zero-order valence-electron chi connectivity index (χ0n) is 17.1. The van der Waals surface area contributed by atoms with E-state index < -0.39 is 6.61 Å². The number of nitrogens with one attached hydrogen (secondary N) is 2. The number of benzene rings is 2. The third-order valence-electron chi connectivity index (χ3n) is 4.71. The summed E-state index contributed by atoms with van der Waals surface area (Å²) in [6, 6.07) is 13.0. The van der Waals surface area contributed by atoms with E-state index in [1.54, 1.807) is 19.2 Å². The lowest BCUT2D eigenvalue weighted by Crippen LogP contribution is -2.36. The quantitative estimate of drug-likeness (QED) is 0.392. The average Bonchev–Trinajstić information content (AvgIpc) is 3.29. The molecule has 160 valence electrons. The van der Waals surface area contributed by atoms with Gasteiger partial charge >= 0.3 is 6.61 Å². The van der Waals surface area contributed by atoms with Gasteiger partial charge in [0, 0.05) is 44.5 Å². The average molecular weight is 416 g/mol. The number of guanidine groups is 1. The molecule has 2 N–H and O–H groups in total. The lowest BCUT2D eigenvalue weighted by molar-refractivity contribution is -0.0504. The summed E-state index contributed by atoms with van der Waals surface area (Å²) in [6.45, 7) is -0.230. The SMILES string of the molecule is CN=C(NCc1cccc(N2CC=CC2)c1)NCc1cc(OC)ccc1OC(F)F. The van der Waals surface area contributed by atoms with Gasteiger partial charge in [-0.2, -0.15) is 8.78 Å². The molecule has 0 atom stereocenters. The van der Waals surface area contributed by atoms with Crippen molar-refractivity contribution in [1.82, 2.24) is 10.6 Å². The maximum atomic E-state index is 12.7. The van der Waals surface area contributed by atoms with E-state index in [9.17, 15) is 8.78 Å². The first kappa shape index (κ1) is 21.4. The lowest BCUT2D eigenvalue weighted by atomic mass is 10.2. The number of methoxy groups -OCH3 is 1. The normalized spacial score (nSPS) is 13.6. The number of ether oxygens (including phenoxy) is 2. The monoisotopic (exact) mass is 416 g/mol. The molecule has 0 amide bonds. The Labute approximate surface area is 175 Å². The fourth-order valence-corrected chi connectivity index (χ4v) is 3.17. The molecule has 0 fully saturated rings. The van der Waals surface area contributed by atoms with E-state index in [0.717, 1.165) is 18.7 Å². The van der Waals surface area contributed by atoms with E-state index in [2.05, 4.69) is 49.5 Å². The zero-order chi connectivity index (χ0) is 21.3. The summed E-state index contributed by atoms with van der Waals surface area (Å²) >= 11 is 0. The van der Waals surface area contributed by atoms with Gasteiger partial charge in [0.25, 0.3) is 0 Å². The van der Waals surface area contributed by atoms with Gasteiger partial charge in [-0.3, -0.25) is 4.99 Å². The third kappa shape index (κ3) is 5.85. The first-order valence-electron chi connectivity index (χ1n) is 9.64. The van der Waals surface area contributed by atoms with E-state index in [1.807, 2.05) is 12.1 Å². The molecule has 2 aromatic rings. The van der Waals surface area contributed by atoms with Gasteiger partial charge in [0.1, 0.15) is 11.5 Å². The second-order valence-electron chi connectivity index (χ2n) is 6.68. The molecule has 0 radical (unpaired) electrons. The van der Waals surface area contributed by atoms with Crippen molar-refractivity contribution in [3.63, 3.8) is 0 Å². The maximum absolute atomic E-state index is 12.7. The van der Waals surface area contributed by atoms with Crippen molar-refractivity contribution in [2.45, 2.75) is 19.7 Å². The van der Waals surface area contributed by atoms with Gasteiger partial charge in [0.2, 0.25) is 0 Å². The van der Waals surface area contributed by atoms with Gasteiger partial charge in [-0.05, 0) is 35.9 Å². The van der Waals surface area contributed by atoms with Gasteiger partial charge in [0.05, 0.1) is 7.11 Å². The van der Waals surface area contributed by atoms with Crippen molar-refractivity contribution >= 4 is 11.6 Å². The smallest absolute Gasteiger partial charge is 0.387 e. The van der Waals surface area contributed by atoms with Gasteiger partial charge in [-0.25, -0.2) is 0 Å². The fraction of sp³-hybridized carbons (Fsp3) is 0.318. The van der Waals surface area contributed by atoms with Crippen LogP contribution < -0.4 is 25.0 Å². The Bertz CT molecular complexity index is 894. The lowest BCUT2D eigenvalue weighted by Gasteiger charge is -2.19. The molecular formula is C22H26F2N4O2. The predicted octanol–water partition coefficient (Wildman–Crippen LogP) is 3.54. The largest absolute Gasteiger partial charge is 0.497 e. The highest BCUT2D eigenvalue weighted by Gasteiger charge is 2.12. The summed E-state index contributed by atoms with van der Waals surface area (Å²) in [6.07, 6.45) is 4.31.